The molecule has 0 spiro atoms. The van der Waals surface area contributed by atoms with Crippen molar-refractivity contribution in [1.29, 1.82) is 0 Å². The van der Waals surface area contributed by atoms with Gasteiger partial charge in [0.1, 0.15) is 12.4 Å². The molecule has 0 radical (unpaired) electrons. The summed E-state index contributed by atoms with van der Waals surface area (Å²) < 4.78 is 53.1. The van der Waals surface area contributed by atoms with Crippen LogP contribution in [0.3, 0.4) is 0 Å². The van der Waals surface area contributed by atoms with Crippen molar-refractivity contribution in [1.82, 2.24) is 14.5 Å². The van der Waals surface area contributed by atoms with Crippen molar-refractivity contribution in [3.63, 3.8) is 0 Å². The number of ether oxygens (including phenoxy) is 2. The highest BCUT2D eigenvalue weighted by Crippen LogP contribution is 2.38. The molecular formula is C27H20F3N3O4. The van der Waals surface area contributed by atoms with E-state index in [0.29, 0.717) is 27.7 Å². The van der Waals surface area contributed by atoms with Crippen LogP contribution in [-0.4, -0.2) is 40.0 Å². The molecule has 5 rings (SSSR count). The number of hydrogen-bond donors (Lipinski definition) is 1. The Morgan fingerprint density at radius 3 is 2.46 bits per heavy atom. The van der Waals surface area contributed by atoms with Gasteiger partial charge in [-0.3, -0.25) is 14.3 Å². The first-order chi connectivity index (χ1) is 17.8. The average molecular weight is 507 g/mol. The molecule has 37 heavy (non-hydrogen) atoms. The van der Waals surface area contributed by atoms with Crippen LogP contribution in [0.2, 0.25) is 0 Å². The van der Waals surface area contributed by atoms with Crippen LogP contribution in [0, 0.1) is 0 Å². The van der Waals surface area contributed by atoms with E-state index in [2.05, 4.69) is 9.97 Å². The quantitative estimate of drug-likeness (QED) is 0.326. The summed E-state index contributed by atoms with van der Waals surface area (Å²) in [4.78, 5) is 21.8. The van der Waals surface area contributed by atoms with Crippen molar-refractivity contribution in [2.45, 2.75) is 6.18 Å². The second-order valence-corrected chi connectivity index (χ2v) is 8.14. The van der Waals surface area contributed by atoms with Crippen LogP contribution in [-0.2, 0) is 6.18 Å². The second kappa shape index (κ2) is 9.55. The molecule has 2 aromatic carbocycles. The number of benzene rings is 2. The zero-order chi connectivity index (χ0) is 26.2. The van der Waals surface area contributed by atoms with Gasteiger partial charge in [0.2, 0.25) is 5.88 Å². The number of methoxy groups -OCH3 is 1. The predicted molar refractivity (Wildman–Crippen MR) is 132 cm³/mol. The lowest BCUT2D eigenvalue weighted by molar-refractivity contribution is -0.139. The van der Waals surface area contributed by atoms with Gasteiger partial charge in [0.25, 0.3) is 5.56 Å². The van der Waals surface area contributed by atoms with Gasteiger partial charge in [0, 0.05) is 40.9 Å². The van der Waals surface area contributed by atoms with Crippen molar-refractivity contribution < 1.29 is 27.8 Å². The maximum atomic E-state index is 13.9. The zero-order valence-electron chi connectivity index (χ0n) is 19.5. The van der Waals surface area contributed by atoms with Crippen LogP contribution < -0.4 is 15.0 Å². The maximum Gasteiger partial charge on any atom is 0.420 e. The van der Waals surface area contributed by atoms with Gasteiger partial charge in [-0.1, -0.05) is 6.07 Å². The molecule has 10 heteroatoms. The number of aliphatic hydroxyl groups excluding tert-OH is 1. The number of rotatable bonds is 6. The monoisotopic (exact) mass is 507 g/mol. The minimum absolute atomic E-state index is 0.0169. The van der Waals surface area contributed by atoms with Crippen molar-refractivity contribution in [3.8, 4) is 28.4 Å². The third-order valence-electron chi connectivity index (χ3n) is 5.87. The summed E-state index contributed by atoms with van der Waals surface area (Å²) in [5, 5.41) is 10.1. The Morgan fingerprint density at radius 1 is 0.946 bits per heavy atom. The average Bonchev–Trinajstić information content (AvgIpc) is 2.91. The van der Waals surface area contributed by atoms with Crippen molar-refractivity contribution >= 4 is 21.8 Å². The molecule has 0 amide bonds. The fourth-order valence-corrected chi connectivity index (χ4v) is 4.18. The number of nitrogens with zero attached hydrogens (tertiary/aromatic N) is 3. The molecule has 3 aromatic heterocycles. The number of aromatic nitrogens is 3. The van der Waals surface area contributed by atoms with E-state index in [4.69, 9.17) is 14.6 Å². The number of hydrogen-bond acceptors (Lipinski definition) is 6. The van der Waals surface area contributed by atoms with Crippen LogP contribution in [0.25, 0.3) is 38.6 Å². The summed E-state index contributed by atoms with van der Waals surface area (Å²) >= 11 is 0. The number of alkyl halides is 3. The summed E-state index contributed by atoms with van der Waals surface area (Å²) in [6.07, 6.45) is -1.52. The van der Waals surface area contributed by atoms with Crippen molar-refractivity contribution in [2.75, 3.05) is 20.3 Å². The molecule has 0 saturated carbocycles. The van der Waals surface area contributed by atoms with Crippen LogP contribution >= 0.6 is 0 Å². The molecule has 0 atom stereocenters. The molecule has 188 valence electrons. The standard InChI is InChI=1S/C27H20F3N3O4/c1-36-24-8-3-17(14-32-24)16-2-6-22-20(12-16)26-18(15-31-22)4-9-25(35)33(26)19-5-7-23(37-11-10-34)21(13-19)27(28,29)30/h2-9,12-15,34H,10-11H2,1H3. The van der Waals surface area contributed by atoms with Gasteiger partial charge in [-0.15, -0.1) is 0 Å². The molecule has 0 saturated heterocycles. The number of aliphatic hydroxyl groups is 1. The van der Waals surface area contributed by atoms with E-state index in [0.717, 1.165) is 23.3 Å². The predicted octanol–water partition coefficient (Wildman–Crippen LogP) is 5.00. The van der Waals surface area contributed by atoms with E-state index in [1.54, 1.807) is 30.6 Å². The molecule has 1 N–H and O–H groups in total. The fourth-order valence-electron chi connectivity index (χ4n) is 4.18. The van der Waals surface area contributed by atoms with E-state index in [-0.39, 0.29) is 12.3 Å². The van der Waals surface area contributed by atoms with Crippen LogP contribution in [0.15, 0.2) is 77.9 Å². The first kappa shape index (κ1) is 24.3. The Labute approximate surface area is 208 Å². The summed E-state index contributed by atoms with van der Waals surface area (Å²) in [6.45, 7) is -0.733. The summed E-state index contributed by atoms with van der Waals surface area (Å²) in [6, 6.07) is 15.3. The molecule has 0 unspecified atom stereocenters. The first-order valence-electron chi connectivity index (χ1n) is 11.2. The molecule has 0 aliphatic heterocycles. The lowest BCUT2D eigenvalue weighted by atomic mass is 10.0. The Hall–Kier alpha value is -4.44. The third kappa shape index (κ3) is 4.58. The lowest BCUT2D eigenvalue weighted by Gasteiger charge is -2.17. The molecule has 0 bridgehead atoms. The first-order valence-corrected chi connectivity index (χ1v) is 11.2. The van der Waals surface area contributed by atoms with Crippen LogP contribution in [0.4, 0.5) is 13.2 Å². The molecule has 0 fully saturated rings. The summed E-state index contributed by atoms with van der Waals surface area (Å²) in [5.74, 6) is 0.0248. The molecule has 0 aliphatic carbocycles. The molecule has 5 aromatic rings. The van der Waals surface area contributed by atoms with Gasteiger partial charge in [-0.2, -0.15) is 13.2 Å². The van der Waals surface area contributed by atoms with E-state index >= 15 is 0 Å². The van der Waals surface area contributed by atoms with Crippen LogP contribution in [0.1, 0.15) is 5.56 Å². The van der Waals surface area contributed by atoms with E-state index in [1.165, 1.54) is 23.8 Å². The van der Waals surface area contributed by atoms with Gasteiger partial charge in [-0.25, -0.2) is 4.98 Å². The zero-order valence-corrected chi connectivity index (χ0v) is 19.5. The van der Waals surface area contributed by atoms with Crippen LogP contribution in [0.5, 0.6) is 11.6 Å². The smallest absolute Gasteiger partial charge is 0.420 e. The summed E-state index contributed by atoms with van der Waals surface area (Å²) in [5.41, 5.74) is 1.01. The Morgan fingerprint density at radius 2 is 1.76 bits per heavy atom. The topological polar surface area (TPSA) is 86.5 Å². The largest absolute Gasteiger partial charge is 0.491 e. The Bertz CT molecular complexity index is 1670. The number of fused-ring (bicyclic) bond motifs is 3. The van der Waals surface area contributed by atoms with E-state index < -0.39 is 29.7 Å². The lowest BCUT2D eigenvalue weighted by Crippen LogP contribution is -2.19. The summed E-state index contributed by atoms with van der Waals surface area (Å²) in [7, 11) is 1.52. The SMILES string of the molecule is COc1ccc(-c2ccc3ncc4ccc(=O)n(-c5ccc(OCCO)c(C(F)(F)F)c5)c4c3c2)cn1. The van der Waals surface area contributed by atoms with Gasteiger partial charge in [0.05, 0.1) is 36.0 Å². The molecule has 7 nitrogen and oxygen atoms in total. The second-order valence-electron chi connectivity index (χ2n) is 8.14. The fraction of sp³-hybridized carbons (Fsp3) is 0.148. The minimum Gasteiger partial charge on any atom is -0.491 e. The third-order valence-corrected chi connectivity index (χ3v) is 5.87. The molecular weight excluding hydrogens is 487 g/mol. The van der Waals surface area contributed by atoms with Gasteiger partial charge < -0.3 is 14.6 Å². The highest BCUT2D eigenvalue weighted by Gasteiger charge is 2.35. The highest BCUT2D eigenvalue weighted by molar-refractivity contribution is 6.05. The molecule has 3 heterocycles. The Kier molecular flexibility index (Phi) is 6.26. The van der Waals surface area contributed by atoms with E-state index in [1.807, 2.05) is 18.2 Å². The Balaban J connectivity index is 1.76. The number of pyridine rings is 3. The highest BCUT2D eigenvalue weighted by atomic mass is 19.4. The van der Waals surface area contributed by atoms with Gasteiger partial charge >= 0.3 is 6.18 Å². The number of halogens is 3. The maximum absolute atomic E-state index is 13.9. The van der Waals surface area contributed by atoms with Gasteiger partial charge in [0.15, 0.2) is 0 Å². The molecule has 0 aliphatic rings. The van der Waals surface area contributed by atoms with E-state index in [9.17, 15) is 18.0 Å². The normalized spacial score (nSPS) is 11.7. The minimum atomic E-state index is -4.74. The van der Waals surface area contributed by atoms with Crippen molar-refractivity contribution in [3.05, 3.63) is 89.0 Å². The van der Waals surface area contributed by atoms with Crippen molar-refractivity contribution in [2.24, 2.45) is 0 Å². The van der Waals surface area contributed by atoms with Gasteiger partial charge in [-0.05, 0) is 48.0 Å².